The van der Waals surface area contributed by atoms with Crippen molar-refractivity contribution in [2.24, 2.45) is 11.7 Å². The average Bonchev–Trinajstić information content (AvgIpc) is 2.86. The first-order valence-electron chi connectivity index (χ1n) is 12.3. The lowest BCUT2D eigenvalue weighted by molar-refractivity contribution is -0.142. The zero-order chi connectivity index (χ0) is 29.3. The number of nitrogens with zero attached hydrogens (tertiary/aromatic N) is 1. The van der Waals surface area contributed by atoms with Crippen molar-refractivity contribution in [3.63, 3.8) is 0 Å². The number of nitrogens with one attached hydrogen (secondary N) is 4. The molecule has 216 valence electrons. The van der Waals surface area contributed by atoms with Crippen LogP contribution in [0.4, 0.5) is 0 Å². The number of nitrogens with two attached hydrogens (primary N) is 1. The summed E-state index contributed by atoms with van der Waals surface area (Å²) in [7, 11) is -3.22. The number of amides is 3. The second kappa shape index (κ2) is 13.9. The third-order valence-corrected chi connectivity index (χ3v) is 7.69. The predicted molar refractivity (Wildman–Crippen MR) is 142 cm³/mol. The van der Waals surface area contributed by atoms with E-state index in [1.54, 1.807) is 38.1 Å². The summed E-state index contributed by atoms with van der Waals surface area (Å²) in [6.07, 6.45) is -0.718. The average molecular weight is 569 g/mol. The number of amidine groups is 1. The van der Waals surface area contributed by atoms with Gasteiger partial charge in [0, 0.05) is 18.7 Å². The maximum atomic E-state index is 13.0. The lowest BCUT2D eigenvalue weighted by atomic mass is 10.0. The first-order chi connectivity index (χ1) is 18.2. The van der Waals surface area contributed by atoms with Gasteiger partial charge in [0.2, 0.25) is 17.7 Å². The Bertz CT molecular complexity index is 1160. The van der Waals surface area contributed by atoms with Gasteiger partial charge in [0.15, 0.2) is 9.84 Å². The van der Waals surface area contributed by atoms with E-state index >= 15 is 0 Å². The summed E-state index contributed by atoms with van der Waals surface area (Å²) in [5, 5.41) is 24.4. The molecule has 1 aromatic carbocycles. The zero-order valence-corrected chi connectivity index (χ0v) is 22.9. The highest BCUT2D eigenvalue weighted by Crippen LogP contribution is 2.13. The number of hydrogen-bond acceptors (Lipinski definition) is 9. The van der Waals surface area contributed by atoms with E-state index in [4.69, 9.17) is 15.9 Å². The van der Waals surface area contributed by atoms with Crippen molar-refractivity contribution in [2.45, 2.75) is 45.3 Å². The minimum atomic E-state index is -3.22. The van der Waals surface area contributed by atoms with Gasteiger partial charge in [0.25, 0.3) is 0 Å². The normalized spacial score (nSPS) is 17.0. The highest BCUT2D eigenvalue weighted by molar-refractivity contribution is 7.91. The molecule has 1 saturated heterocycles. The van der Waals surface area contributed by atoms with E-state index in [2.05, 4.69) is 16.0 Å². The number of carbonyl (C=O) groups excluding carboxylic acids is 3. The van der Waals surface area contributed by atoms with E-state index in [-0.39, 0.29) is 43.1 Å². The SMILES string of the molecule is CC(NCOc1ccc(C(=N)N)cc1)C(=O)N[C@@H](CC(=O)O)C(=O)N[C@@H](C(=O)N1CCS(=O)(=O)CC1)C(C)C. The van der Waals surface area contributed by atoms with Crippen LogP contribution in [0.25, 0.3) is 0 Å². The molecule has 0 bridgehead atoms. The van der Waals surface area contributed by atoms with Crippen LogP contribution in [0.2, 0.25) is 0 Å². The second-order valence-corrected chi connectivity index (χ2v) is 11.8. The lowest BCUT2D eigenvalue weighted by Crippen LogP contribution is -2.59. The number of nitrogen functional groups attached to an aromatic ring is 1. The number of carbonyl (C=O) groups is 4. The van der Waals surface area contributed by atoms with Crippen LogP contribution in [-0.4, -0.2) is 97.4 Å². The molecule has 39 heavy (non-hydrogen) atoms. The van der Waals surface area contributed by atoms with Crippen LogP contribution in [0.15, 0.2) is 24.3 Å². The quantitative estimate of drug-likeness (QED) is 0.0932. The molecule has 7 N–H and O–H groups in total. The maximum Gasteiger partial charge on any atom is 0.305 e. The van der Waals surface area contributed by atoms with E-state index in [1.807, 2.05) is 0 Å². The molecule has 1 fully saturated rings. The third kappa shape index (κ3) is 9.83. The molecule has 3 atom stereocenters. The van der Waals surface area contributed by atoms with E-state index in [1.165, 1.54) is 11.8 Å². The summed E-state index contributed by atoms with van der Waals surface area (Å²) in [6, 6.07) is 3.04. The maximum absolute atomic E-state index is 13.0. The molecule has 0 saturated carbocycles. The van der Waals surface area contributed by atoms with Gasteiger partial charge in [-0.3, -0.25) is 29.9 Å². The van der Waals surface area contributed by atoms with Crippen LogP contribution in [0.5, 0.6) is 5.75 Å². The van der Waals surface area contributed by atoms with Gasteiger partial charge in [-0.15, -0.1) is 0 Å². The fourth-order valence-electron chi connectivity index (χ4n) is 3.65. The van der Waals surface area contributed by atoms with Gasteiger partial charge < -0.3 is 31.1 Å². The number of ether oxygens (including phenoxy) is 1. The Morgan fingerprint density at radius 2 is 1.64 bits per heavy atom. The number of sulfone groups is 1. The van der Waals surface area contributed by atoms with E-state index in [0.29, 0.717) is 11.3 Å². The van der Waals surface area contributed by atoms with Crippen LogP contribution in [0.3, 0.4) is 0 Å². The molecule has 3 amide bonds. The molecule has 1 aliphatic heterocycles. The lowest BCUT2D eigenvalue weighted by Gasteiger charge is -2.33. The van der Waals surface area contributed by atoms with Crippen LogP contribution >= 0.6 is 0 Å². The van der Waals surface area contributed by atoms with Crippen molar-refractivity contribution in [1.29, 1.82) is 5.41 Å². The minimum absolute atomic E-state index is 0.00166. The first kappa shape index (κ1) is 31.5. The summed E-state index contributed by atoms with van der Waals surface area (Å²) in [6.45, 7) is 4.79. The molecule has 2 rings (SSSR count). The summed E-state index contributed by atoms with van der Waals surface area (Å²) in [5.74, 6) is -3.68. The van der Waals surface area contributed by atoms with Gasteiger partial charge in [0.1, 0.15) is 30.4 Å². The fourth-order valence-corrected chi connectivity index (χ4v) is 4.85. The summed E-state index contributed by atoms with van der Waals surface area (Å²) >= 11 is 0. The number of carboxylic acid groups (broad SMARTS) is 1. The van der Waals surface area contributed by atoms with E-state index in [0.717, 1.165) is 0 Å². The van der Waals surface area contributed by atoms with Crippen molar-refractivity contribution in [3.05, 3.63) is 29.8 Å². The summed E-state index contributed by atoms with van der Waals surface area (Å²) in [4.78, 5) is 51.5. The van der Waals surface area contributed by atoms with Crippen molar-refractivity contribution < 1.29 is 37.4 Å². The number of carboxylic acids is 1. The Labute approximate surface area is 227 Å². The highest BCUT2D eigenvalue weighted by Gasteiger charge is 2.35. The second-order valence-electron chi connectivity index (χ2n) is 9.52. The Morgan fingerprint density at radius 3 is 2.15 bits per heavy atom. The molecular formula is C24H36N6O8S. The van der Waals surface area contributed by atoms with Crippen LogP contribution in [0.1, 0.15) is 32.8 Å². The highest BCUT2D eigenvalue weighted by atomic mass is 32.2. The largest absolute Gasteiger partial charge is 0.481 e. The molecule has 1 aliphatic rings. The topological polar surface area (TPSA) is 221 Å². The van der Waals surface area contributed by atoms with E-state index < -0.39 is 58.1 Å². The molecule has 0 spiro atoms. The molecule has 1 aromatic rings. The fraction of sp³-hybridized carbons (Fsp3) is 0.542. The molecule has 1 unspecified atom stereocenters. The third-order valence-electron chi connectivity index (χ3n) is 6.09. The number of benzene rings is 1. The van der Waals surface area contributed by atoms with E-state index in [9.17, 15) is 32.7 Å². The number of aliphatic carboxylic acids is 1. The molecule has 0 radical (unpaired) electrons. The van der Waals surface area contributed by atoms with Gasteiger partial charge in [0.05, 0.1) is 24.0 Å². The molecular weight excluding hydrogens is 532 g/mol. The van der Waals surface area contributed by atoms with Crippen molar-refractivity contribution in [2.75, 3.05) is 31.3 Å². The van der Waals surface area contributed by atoms with Gasteiger partial charge in [-0.25, -0.2) is 8.42 Å². The first-order valence-corrected chi connectivity index (χ1v) is 14.1. The van der Waals surface area contributed by atoms with Crippen LogP contribution in [-0.2, 0) is 29.0 Å². The number of hydrogen-bond donors (Lipinski definition) is 6. The van der Waals surface area contributed by atoms with Gasteiger partial charge in [-0.05, 0) is 37.1 Å². The molecule has 15 heteroatoms. The molecule has 0 aromatic heterocycles. The standard InChI is InChI=1S/C24H36N6O8S/c1-14(2)20(24(35)30-8-10-39(36,37)11-9-30)29-23(34)18(12-19(31)32)28-22(33)15(3)27-13-38-17-6-4-16(5-7-17)21(25)26/h4-7,14-15,18,20,27H,8-13H2,1-3H3,(H3,25,26)(H,28,33)(H,29,34)(H,31,32)/t15?,18-,20+/m0/s1. The van der Waals surface area contributed by atoms with Gasteiger partial charge >= 0.3 is 5.97 Å². The van der Waals surface area contributed by atoms with Crippen LogP contribution < -0.4 is 26.4 Å². The smallest absolute Gasteiger partial charge is 0.305 e. The summed E-state index contributed by atoms with van der Waals surface area (Å²) < 4.78 is 28.9. The van der Waals surface area contributed by atoms with Gasteiger partial charge in [-0.1, -0.05) is 13.8 Å². The Kier molecular flexibility index (Phi) is 11.2. The Balaban J connectivity index is 1.97. The van der Waals surface area contributed by atoms with Crippen molar-refractivity contribution in [3.8, 4) is 5.75 Å². The van der Waals surface area contributed by atoms with Crippen molar-refractivity contribution >= 4 is 39.4 Å². The molecule has 0 aliphatic carbocycles. The number of rotatable bonds is 13. The van der Waals surface area contributed by atoms with Crippen LogP contribution in [0, 0.1) is 11.3 Å². The minimum Gasteiger partial charge on any atom is -0.481 e. The molecule has 14 nitrogen and oxygen atoms in total. The van der Waals surface area contributed by atoms with Crippen molar-refractivity contribution in [1.82, 2.24) is 20.9 Å². The van der Waals surface area contributed by atoms with Gasteiger partial charge in [-0.2, -0.15) is 0 Å². The predicted octanol–water partition coefficient (Wildman–Crippen LogP) is -1.36. The Morgan fingerprint density at radius 1 is 1.05 bits per heavy atom. The molecule has 1 heterocycles. The monoisotopic (exact) mass is 568 g/mol. The summed E-state index contributed by atoms with van der Waals surface area (Å²) in [5.41, 5.74) is 5.93. The Hall–Kier alpha value is -3.72. The zero-order valence-electron chi connectivity index (χ0n) is 22.1.